The monoisotopic (exact) mass is 527 g/mol. The van der Waals surface area contributed by atoms with Gasteiger partial charge >= 0.3 is 12.1 Å². The molecule has 0 radical (unpaired) electrons. The van der Waals surface area contributed by atoms with Crippen LogP contribution in [0.1, 0.15) is 67.5 Å². The third-order valence-corrected chi connectivity index (χ3v) is 7.00. The number of hydrogen-bond donors (Lipinski definition) is 3. The molecular weight excluding hydrogens is 495 g/mol. The number of aliphatic hydroxyl groups excluding tert-OH is 1. The summed E-state index contributed by atoms with van der Waals surface area (Å²) in [7, 11) is 0. The second-order valence-corrected chi connectivity index (χ2v) is 9.70. The van der Waals surface area contributed by atoms with E-state index in [4.69, 9.17) is 9.84 Å². The van der Waals surface area contributed by atoms with E-state index in [1.807, 2.05) is 48.5 Å². The Kier molecular flexibility index (Phi) is 9.07. The molecule has 2 atom stereocenters. The maximum absolute atomic E-state index is 12.9. The van der Waals surface area contributed by atoms with Crippen LogP contribution in [0, 0.1) is 5.92 Å². The summed E-state index contributed by atoms with van der Waals surface area (Å²) in [4.78, 5) is 10.7. The number of aliphatic carboxylic acids is 1. The number of benzene rings is 3. The fraction of sp³-hybridized carbons (Fsp3) is 0.367. The van der Waals surface area contributed by atoms with Crippen molar-refractivity contribution >= 4 is 5.97 Å². The highest BCUT2D eigenvalue weighted by Gasteiger charge is 2.30. The van der Waals surface area contributed by atoms with Gasteiger partial charge in [0.2, 0.25) is 0 Å². The van der Waals surface area contributed by atoms with Crippen molar-refractivity contribution in [1.29, 1.82) is 0 Å². The second kappa shape index (κ2) is 12.5. The zero-order valence-corrected chi connectivity index (χ0v) is 21.0. The third-order valence-electron chi connectivity index (χ3n) is 7.00. The van der Waals surface area contributed by atoms with E-state index in [1.165, 1.54) is 18.6 Å². The molecule has 1 aliphatic carbocycles. The van der Waals surface area contributed by atoms with Gasteiger partial charge in [-0.2, -0.15) is 13.2 Å². The van der Waals surface area contributed by atoms with Crippen LogP contribution in [-0.4, -0.2) is 22.7 Å². The first kappa shape index (κ1) is 27.7. The van der Waals surface area contributed by atoms with Gasteiger partial charge in [-0.3, -0.25) is 10.1 Å². The zero-order valence-electron chi connectivity index (χ0n) is 21.0. The van der Waals surface area contributed by atoms with E-state index in [1.54, 1.807) is 0 Å². The summed E-state index contributed by atoms with van der Waals surface area (Å²) in [6.07, 6.45) is 0.00229. The Hall–Kier alpha value is -3.36. The lowest BCUT2D eigenvalue weighted by Crippen LogP contribution is -2.24. The lowest BCUT2D eigenvalue weighted by molar-refractivity contribution is -0.138. The number of ether oxygens (including phenoxy) is 1. The van der Waals surface area contributed by atoms with Crippen molar-refractivity contribution in [3.05, 3.63) is 89.5 Å². The zero-order chi connectivity index (χ0) is 27.1. The van der Waals surface area contributed by atoms with Crippen LogP contribution in [0.4, 0.5) is 13.2 Å². The van der Waals surface area contributed by atoms with E-state index < -0.39 is 23.9 Å². The van der Waals surface area contributed by atoms with Crippen LogP contribution < -0.4 is 10.1 Å². The van der Waals surface area contributed by atoms with Gasteiger partial charge < -0.3 is 14.9 Å². The first-order valence-electron chi connectivity index (χ1n) is 12.9. The van der Waals surface area contributed by atoms with E-state index in [9.17, 15) is 23.1 Å². The molecule has 0 aliphatic heterocycles. The van der Waals surface area contributed by atoms with Crippen LogP contribution in [0.2, 0.25) is 0 Å². The summed E-state index contributed by atoms with van der Waals surface area (Å²) in [5, 5.41) is 21.9. The molecule has 3 aromatic carbocycles. The number of halogens is 3. The summed E-state index contributed by atoms with van der Waals surface area (Å²) in [5.74, 6) is 0.0819. The Balaban J connectivity index is 1.48. The number of carbonyl (C=O) groups is 1. The molecule has 202 valence electrons. The minimum absolute atomic E-state index is 0.0790. The molecule has 0 amide bonds. The van der Waals surface area contributed by atoms with Crippen molar-refractivity contribution in [2.75, 3.05) is 6.54 Å². The molecule has 0 aromatic heterocycles. The molecule has 0 heterocycles. The summed E-state index contributed by atoms with van der Waals surface area (Å²) in [6, 6.07) is 20.0. The molecular formula is C30H32F3NO4. The van der Waals surface area contributed by atoms with Crippen LogP contribution in [-0.2, 0) is 11.0 Å². The Labute approximate surface area is 220 Å². The van der Waals surface area contributed by atoms with Crippen molar-refractivity contribution in [2.45, 2.75) is 57.0 Å². The molecule has 38 heavy (non-hydrogen) atoms. The summed E-state index contributed by atoms with van der Waals surface area (Å²) < 4.78 is 45.1. The minimum atomic E-state index is -4.36. The smallest absolute Gasteiger partial charge is 0.416 e. The number of carboxylic acids is 1. The van der Waals surface area contributed by atoms with Gasteiger partial charge in [-0.1, -0.05) is 67.8 Å². The molecule has 1 fully saturated rings. The Morgan fingerprint density at radius 3 is 1.97 bits per heavy atom. The van der Waals surface area contributed by atoms with Gasteiger partial charge in [0.05, 0.1) is 12.0 Å². The van der Waals surface area contributed by atoms with E-state index in [0.717, 1.165) is 48.9 Å². The maximum Gasteiger partial charge on any atom is 0.416 e. The van der Waals surface area contributed by atoms with Crippen LogP contribution in [0.3, 0.4) is 0 Å². The highest BCUT2D eigenvalue weighted by molar-refractivity contribution is 5.67. The predicted octanol–water partition coefficient (Wildman–Crippen LogP) is 7.13. The van der Waals surface area contributed by atoms with E-state index >= 15 is 0 Å². The van der Waals surface area contributed by atoms with E-state index in [-0.39, 0.29) is 19.1 Å². The number of carboxylic acid groups (broad SMARTS) is 1. The van der Waals surface area contributed by atoms with Gasteiger partial charge in [0, 0.05) is 12.5 Å². The summed E-state index contributed by atoms with van der Waals surface area (Å²) in [5.41, 5.74) is 2.45. The third kappa shape index (κ3) is 7.36. The van der Waals surface area contributed by atoms with E-state index in [2.05, 4.69) is 5.32 Å². The summed E-state index contributed by atoms with van der Waals surface area (Å²) >= 11 is 0. The molecule has 0 saturated heterocycles. The largest absolute Gasteiger partial charge is 0.485 e. The normalized spacial score (nSPS) is 16.1. The van der Waals surface area contributed by atoms with Gasteiger partial charge in [-0.25, -0.2) is 0 Å². The highest BCUT2D eigenvalue weighted by atomic mass is 19.4. The molecule has 2 unspecified atom stereocenters. The second-order valence-electron chi connectivity index (χ2n) is 9.70. The quantitative estimate of drug-likeness (QED) is 0.245. The highest BCUT2D eigenvalue weighted by Crippen LogP contribution is 2.38. The van der Waals surface area contributed by atoms with Crippen molar-refractivity contribution < 1.29 is 32.9 Å². The van der Waals surface area contributed by atoms with Gasteiger partial charge in [-0.15, -0.1) is 0 Å². The number of nitrogens with one attached hydrogen (secondary N) is 1. The molecule has 3 aromatic rings. The standard InChI is InChI=1S/C30H32F3NO4/c31-30(32,33)25-14-10-20(11-15-25)21-12-16-26(17-13-21)38-28(22-4-2-1-3-5-22)23-6-8-24(9-7-23)29(37)34-19-18-27(35)36/h6-17,22,28-29,34,37H,1-5,18-19H2,(H,35,36). The average molecular weight is 528 g/mol. The number of aliphatic hydroxyl groups is 1. The molecule has 1 aliphatic rings. The number of alkyl halides is 3. The minimum Gasteiger partial charge on any atom is -0.485 e. The van der Waals surface area contributed by atoms with Crippen LogP contribution in [0.15, 0.2) is 72.8 Å². The lowest BCUT2D eigenvalue weighted by Gasteiger charge is -2.31. The molecule has 0 bridgehead atoms. The van der Waals surface area contributed by atoms with Crippen molar-refractivity contribution in [2.24, 2.45) is 5.92 Å². The van der Waals surface area contributed by atoms with Crippen LogP contribution >= 0.6 is 0 Å². The Bertz CT molecular complexity index is 1170. The van der Waals surface area contributed by atoms with Crippen molar-refractivity contribution in [3.63, 3.8) is 0 Å². The SMILES string of the molecule is O=C(O)CCNC(O)c1ccc(C(Oc2ccc(-c3ccc(C(F)(F)F)cc3)cc2)C2CCCCC2)cc1. The van der Waals surface area contributed by atoms with Gasteiger partial charge in [0.1, 0.15) is 18.1 Å². The number of hydrogen-bond acceptors (Lipinski definition) is 4. The van der Waals surface area contributed by atoms with E-state index in [0.29, 0.717) is 22.8 Å². The van der Waals surface area contributed by atoms with Crippen LogP contribution in [0.5, 0.6) is 5.75 Å². The Morgan fingerprint density at radius 2 is 1.42 bits per heavy atom. The van der Waals surface area contributed by atoms with Crippen molar-refractivity contribution in [3.8, 4) is 16.9 Å². The molecule has 0 spiro atoms. The molecule has 5 nitrogen and oxygen atoms in total. The molecule has 1 saturated carbocycles. The average Bonchev–Trinajstić information content (AvgIpc) is 2.92. The number of rotatable bonds is 10. The van der Waals surface area contributed by atoms with Gasteiger partial charge in [0.15, 0.2) is 0 Å². The van der Waals surface area contributed by atoms with Gasteiger partial charge in [0.25, 0.3) is 0 Å². The molecule has 3 N–H and O–H groups in total. The lowest BCUT2D eigenvalue weighted by atomic mass is 9.82. The fourth-order valence-corrected chi connectivity index (χ4v) is 4.90. The molecule has 8 heteroatoms. The summed E-state index contributed by atoms with van der Waals surface area (Å²) in [6.45, 7) is 0.161. The van der Waals surface area contributed by atoms with Crippen molar-refractivity contribution in [1.82, 2.24) is 5.32 Å². The van der Waals surface area contributed by atoms with Crippen LogP contribution in [0.25, 0.3) is 11.1 Å². The van der Waals surface area contributed by atoms with Gasteiger partial charge in [-0.05, 0) is 59.4 Å². The predicted molar refractivity (Wildman–Crippen MR) is 138 cm³/mol. The first-order chi connectivity index (χ1) is 18.2. The fourth-order valence-electron chi connectivity index (χ4n) is 4.90. The Morgan fingerprint density at radius 1 is 0.868 bits per heavy atom. The topological polar surface area (TPSA) is 78.8 Å². The molecule has 4 rings (SSSR count). The maximum atomic E-state index is 12.9. The first-order valence-corrected chi connectivity index (χ1v) is 12.9.